The molecule has 3 N–H and O–H groups in total. The van der Waals surface area contributed by atoms with Crippen molar-refractivity contribution in [1.29, 1.82) is 0 Å². The zero-order valence-corrected chi connectivity index (χ0v) is 13.3. The van der Waals surface area contributed by atoms with Gasteiger partial charge < -0.3 is 25.2 Å². The molecule has 2 heterocycles. The molecule has 6 heteroatoms. The Morgan fingerprint density at radius 3 is 2.57 bits per heavy atom. The van der Waals surface area contributed by atoms with Gasteiger partial charge >= 0.3 is 0 Å². The predicted molar refractivity (Wildman–Crippen MR) is 82.6 cm³/mol. The van der Waals surface area contributed by atoms with Gasteiger partial charge in [-0.3, -0.25) is 4.99 Å². The maximum absolute atomic E-state index is 10.5. The van der Waals surface area contributed by atoms with Gasteiger partial charge in [-0.25, -0.2) is 0 Å². The molecule has 2 saturated heterocycles. The molecule has 0 aliphatic carbocycles. The van der Waals surface area contributed by atoms with Gasteiger partial charge in [-0.2, -0.15) is 0 Å². The van der Waals surface area contributed by atoms with E-state index in [2.05, 4.69) is 22.5 Å². The number of guanidine groups is 1. The molecule has 0 amide bonds. The monoisotopic (exact) mass is 299 g/mol. The number of ether oxygens (including phenoxy) is 2. The van der Waals surface area contributed by atoms with E-state index >= 15 is 0 Å². The predicted octanol–water partition coefficient (Wildman–Crippen LogP) is 0.652. The number of aliphatic hydroxyl groups is 1. The zero-order chi connectivity index (χ0) is 15.2. The highest BCUT2D eigenvalue weighted by Gasteiger charge is 2.31. The van der Waals surface area contributed by atoms with Crippen LogP contribution in [-0.2, 0) is 9.47 Å². The molecule has 2 fully saturated rings. The molecule has 0 spiro atoms. The summed E-state index contributed by atoms with van der Waals surface area (Å²) in [7, 11) is 0. The van der Waals surface area contributed by atoms with E-state index in [1.54, 1.807) is 0 Å². The normalized spacial score (nSPS) is 29.4. The van der Waals surface area contributed by atoms with Crippen molar-refractivity contribution in [3.05, 3.63) is 0 Å². The van der Waals surface area contributed by atoms with Crippen molar-refractivity contribution in [2.24, 2.45) is 4.99 Å². The summed E-state index contributed by atoms with van der Waals surface area (Å²) in [6, 6.07) is 0. The summed E-state index contributed by atoms with van der Waals surface area (Å²) in [5.41, 5.74) is -0.833. The van der Waals surface area contributed by atoms with Gasteiger partial charge in [-0.1, -0.05) is 0 Å². The maximum atomic E-state index is 10.5. The summed E-state index contributed by atoms with van der Waals surface area (Å²) >= 11 is 0. The average Bonchev–Trinajstić information content (AvgIpc) is 2.90. The summed E-state index contributed by atoms with van der Waals surface area (Å²) in [5, 5.41) is 17.0. The Bertz CT molecular complexity index is 348. The van der Waals surface area contributed by atoms with Crippen LogP contribution in [0.5, 0.6) is 0 Å². The van der Waals surface area contributed by atoms with Crippen LogP contribution in [0, 0.1) is 0 Å². The highest BCUT2D eigenvalue weighted by atomic mass is 16.5. The molecule has 2 rings (SSSR count). The number of hydrogen-bond donors (Lipinski definition) is 3. The van der Waals surface area contributed by atoms with Crippen LogP contribution in [-0.4, -0.2) is 61.7 Å². The van der Waals surface area contributed by atoms with E-state index in [1.807, 2.05) is 6.92 Å². The average molecular weight is 299 g/mol. The molecule has 2 aliphatic heterocycles. The Morgan fingerprint density at radius 2 is 1.95 bits per heavy atom. The molecular weight excluding hydrogens is 270 g/mol. The van der Waals surface area contributed by atoms with Crippen molar-refractivity contribution >= 4 is 5.96 Å². The van der Waals surface area contributed by atoms with E-state index in [-0.39, 0.29) is 5.60 Å². The van der Waals surface area contributed by atoms with Crippen LogP contribution in [0.1, 0.15) is 39.5 Å². The Labute approximate surface area is 127 Å². The molecule has 6 nitrogen and oxygen atoms in total. The topological polar surface area (TPSA) is 75.1 Å². The summed E-state index contributed by atoms with van der Waals surface area (Å²) in [6.07, 6.45) is 3.49. The van der Waals surface area contributed by atoms with Crippen LogP contribution in [0.4, 0.5) is 0 Å². The van der Waals surface area contributed by atoms with Gasteiger partial charge in [0.05, 0.1) is 17.7 Å². The van der Waals surface area contributed by atoms with Gasteiger partial charge in [0.15, 0.2) is 5.96 Å². The first-order valence-corrected chi connectivity index (χ1v) is 8.02. The first kappa shape index (κ1) is 16.5. The van der Waals surface area contributed by atoms with Gasteiger partial charge in [0.1, 0.15) is 0 Å². The van der Waals surface area contributed by atoms with Crippen molar-refractivity contribution in [1.82, 2.24) is 10.6 Å². The second-order valence-electron chi connectivity index (χ2n) is 6.29. The van der Waals surface area contributed by atoms with E-state index < -0.39 is 5.60 Å². The van der Waals surface area contributed by atoms with Crippen LogP contribution in [0.3, 0.4) is 0 Å². The Kier molecular flexibility index (Phi) is 5.84. The molecule has 1 atom stereocenters. The maximum Gasteiger partial charge on any atom is 0.191 e. The second kappa shape index (κ2) is 7.42. The van der Waals surface area contributed by atoms with E-state index in [0.29, 0.717) is 32.6 Å². The van der Waals surface area contributed by atoms with E-state index in [4.69, 9.17) is 9.47 Å². The number of nitrogens with zero attached hydrogens (tertiary/aromatic N) is 1. The number of rotatable bonds is 5. The highest BCUT2D eigenvalue weighted by Crippen LogP contribution is 2.24. The molecule has 0 aromatic heterocycles. The summed E-state index contributed by atoms with van der Waals surface area (Å²) < 4.78 is 11.1. The van der Waals surface area contributed by atoms with Gasteiger partial charge in [0.2, 0.25) is 0 Å². The minimum absolute atomic E-state index is 0.105. The van der Waals surface area contributed by atoms with Crippen molar-refractivity contribution in [3.8, 4) is 0 Å². The molecule has 0 bridgehead atoms. The van der Waals surface area contributed by atoms with Crippen molar-refractivity contribution in [2.75, 3.05) is 39.5 Å². The molecule has 21 heavy (non-hydrogen) atoms. The lowest BCUT2D eigenvalue weighted by Crippen LogP contribution is -2.47. The summed E-state index contributed by atoms with van der Waals surface area (Å²) in [6.45, 7) is 8.17. The molecule has 1 unspecified atom stereocenters. The quantitative estimate of drug-likeness (QED) is 0.513. The van der Waals surface area contributed by atoms with E-state index in [9.17, 15) is 5.11 Å². The molecule has 0 aromatic rings. The second-order valence-corrected chi connectivity index (χ2v) is 6.29. The van der Waals surface area contributed by atoms with Crippen LogP contribution in [0.25, 0.3) is 0 Å². The van der Waals surface area contributed by atoms with Gasteiger partial charge in [0, 0.05) is 45.8 Å². The third-order valence-corrected chi connectivity index (χ3v) is 4.23. The Hall–Kier alpha value is -0.850. The largest absolute Gasteiger partial charge is 0.388 e. The molecule has 122 valence electrons. The van der Waals surface area contributed by atoms with E-state index in [1.165, 1.54) is 0 Å². The van der Waals surface area contributed by atoms with Crippen molar-refractivity contribution in [3.63, 3.8) is 0 Å². The van der Waals surface area contributed by atoms with Crippen LogP contribution in [0.15, 0.2) is 4.99 Å². The van der Waals surface area contributed by atoms with E-state index in [0.717, 1.165) is 38.5 Å². The fourth-order valence-electron chi connectivity index (χ4n) is 2.72. The lowest BCUT2D eigenvalue weighted by molar-refractivity contribution is -0.0566. The van der Waals surface area contributed by atoms with Gasteiger partial charge in [-0.15, -0.1) is 0 Å². The smallest absolute Gasteiger partial charge is 0.191 e. The Morgan fingerprint density at radius 1 is 1.19 bits per heavy atom. The number of hydrogen-bond acceptors (Lipinski definition) is 4. The van der Waals surface area contributed by atoms with Crippen LogP contribution in [0.2, 0.25) is 0 Å². The lowest BCUT2D eigenvalue weighted by atomic mass is 9.95. The zero-order valence-electron chi connectivity index (χ0n) is 13.3. The molecule has 0 saturated carbocycles. The number of aliphatic imine (C=N–C) groups is 1. The fraction of sp³-hybridized carbons (Fsp3) is 0.933. The molecule has 0 aromatic carbocycles. The standard InChI is InChI=1S/C15H29N3O3/c1-3-16-13(17-11-14(2)5-4-8-21-14)18-12-15(19)6-9-20-10-7-15/h19H,3-12H2,1-2H3,(H2,16,17,18). The third kappa shape index (κ3) is 5.13. The first-order chi connectivity index (χ1) is 10.1. The fourth-order valence-corrected chi connectivity index (χ4v) is 2.72. The third-order valence-electron chi connectivity index (χ3n) is 4.23. The van der Waals surface area contributed by atoms with Crippen molar-refractivity contribution < 1.29 is 14.6 Å². The molecular formula is C15H29N3O3. The number of nitrogens with one attached hydrogen (secondary N) is 2. The lowest BCUT2D eigenvalue weighted by Gasteiger charge is -2.31. The van der Waals surface area contributed by atoms with Gasteiger partial charge in [0.25, 0.3) is 0 Å². The molecule has 0 radical (unpaired) electrons. The van der Waals surface area contributed by atoms with Gasteiger partial charge in [-0.05, 0) is 26.7 Å². The minimum atomic E-state index is -0.728. The summed E-state index contributed by atoms with van der Waals surface area (Å²) in [4.78, 5) is 4.53. The Balaban J connectivity index is 1.86. The minimum Gasteiger partial charge on any atom is -0.388 e. The SMILES string of the molecule is CCNC(=NCC1(O)CCOCC1)NCC1(C)CCCO1. The first-order valence-electron chi connectivity index (χ1n) is 8.02. The van der Waals surface area contributed by atoms with Crippen LogP contribution < -0.4 is 10.6 Å². The van der Waals surface area contributed by atoms with Crippen LogP contribution >= 0.6 is 0 Å². The molecule has 2 aliphatic rings. The van der Waals surface area contributed by atoms with Crippen molar-refractivity contribution in [2.45, 2.75) is 50.7 Å². The highest BCUT2D eigenvalue weighted by molar-refractivity contribution is 5.79. The summed E-state index contributed by atoms with van der Waals surface area (Å²) in [5.74, 6) is 0.745.